The first-order chi connectivity index (χ1) is 12.0. The van der Waals surface area contributed by atoms with Crippen LogP contribution in [0.4, 0.5) is 4.39 Å². The van der Waals surface area contributed by atoms with Gasteiger partial charge in [-0.1, -0.05) is 31.9 Å². The van der Waals surface area contributed by atoms with Gasteiger partial charge in [-0.2, -0.15) is 0 Å². The normalized spacial score (nSPS) is 29.9. The minimum atomic E-state index is -0.659. The third-order valence-electron chi connectivity index (χ3n) is 5.80. The van der Waals surface area contributed by atoms with E-state index >= 15 is 0 Å². The Labute approximate surface area is 149 Å². The first kappa shape index (κ1) is 18.3. The average Bonchev–Trinajstić information content (AvgIpc) is 2.61. The molecule has 3 rings (SSSR count). The molecule has 1 amide bonds. The summed E-state index contributed by atoms with van der Waals surface area (Å²) in [6.45, 7) is 3.73. The van der Waals surface area contributed by atoms with Crippen molar-refractivity contribution >= 4 is 5.91 Å². The maximum atomic E-state index is 13.4. The summed E-state index contributed by atoms with van der Waals surface area (Å²) >= 11 is 0. The van der Waals surface area contributed by atoms with Gasteiger partial charge in [0.2, 0.25) is 5.91 Å². The molecule has 0 spiro atoms. The number of piperidine rings is 1. The van der Waals surface area contributed by atoms with Gasteiger partial charge in [0.05, 0.1) is 12.1 Å². The molecule has 0 unspecified atom stereocenters. The van der Waals surface area contributed by atoms with Gasteiger partial charge in [0, 0.05) is 25.0 Å². The second-order valence-electron chi connectivity index (χ2n) is 7.52. The Kier molecular flexibility index (Phi) is 5.74. The van der Waals surface area contributed by atoms with E-state index in [-0.39, 0.29) is 23.7 Å². The molecule has 1 saturated heterocycles. The molecular formula is C20H29FN2O2. The summed E-state index contributed by atoms with van der Waals surface area (Å²) in [6, 6.07) is 6.52. The van der Waals surface area contributed by atoms with Crippen LogP contribution in [0.25, 0.3) is 0 Å². The largest absolute Gasteiger partial charge is 0.389 e. The quantitative estimate of drug-likeness (QED) is 0.860. The van der Waals surface area contributed by atoms with Crippen molar-refractivity contribution in [3.8, 4) is 0 Å². The number of carbonyl (C=O) groups excluding carboxylic acids is 1. The third-order valence-corrected chi connectivity index (χ3v) is 5.80. The summed E-state index contributed by atoms with van der Waals surface area (Å²) in [5, 5.41) is 14.1. The lowest BCUT2D eigenvalue weighted by atomic mass is 9.66. The first-order valence-corrected chi connectivity index (χ1v) is 9.52. The van der Waals surface area contributed by atoms with Crippen LogP contribution >= 0.6 is 0 Å². The van der Waals surface area contributed by atoms with E-state index in [0.717, 1.165) is 37.7 Å². The summed E-state index contributed by atoms with van der Waals surface area (Å²) in [5.41, 5.74) is 0.336. The van der Waals surface area contributed by atoms with Crippen LogP contribution in [-0.2, 0) is 4.79 Å². The van der Waals surface area contributed by atoms with Gasteiger partial charge in [-0.25, -0.2) is 4.39 Å². The fourth-order valence-corrected chi connectivity index (χ4v) is 4.53. The molecule has 2 aliphatic rings. The van der Waals surface area contributed by atoms with Crippen LogP contribution in [0.5, 0.6) is 0 Å². The number of fused-ring (bicyclic) bond motifs is 1. The Morgan fingerprint density at radius 2 is 2.08 bits per heavy atom. The van der Waals surface area contributed by atoms with Crippen LogP contribution in [0.2, 0.25) is 0 Å². The van der Waals surface area contributed by atoms with E-state index in [1.165, 1.54) is 12.1 Å². The maximum Gasteiger partial charge on any atom is 0.234 e. The lowest BCUT2D eigenvalue weighted by Gasteiger charge is -2.52. The lowest BCUT2D eigenvalue weighted by Crippen LogP contribution is -2.56. The Hall–Kier alpha value is -1.46. The summed E-state index contributed by atoms with van der Waals surface area (Å²) in [4.78, 5) is 14.4. The number of likely N-dealkylation sites (tertiary alicyclic amines) is 1. The monoisotopic (exact) mass is 348 g/mol. The summed E-state index contributed by atoms with van der Waals surface area (Å²) < 4.78 is 13.4. The van der Waals surface area contributed by atoms with Gasteiger partial charge in [0.1, 0.15) is 5.82 Å². The number of carbonyl (C=O) groups is 1. The average molecular weight is 348 g/mol. The molecule has 1 aromatic carbocycles. The molecule has 0 bridgehead atoms. The van der Waals surface area contributed by atoms with Crippen molar-refractivity contribution in [2.75, 3.05) is 19.6 Å². The van der Waals surface area contributed by atoms with Gasteiger partial charge < -0.3 is 10.4 Å². The molecule has 25 heavy (non-hydrogen) atoms. The van der Waals surface area contributed by atoms with Crippen molar-refractivity contribution in [2.24, 2.45) is 5.92 Å². The Balaban J connectivity index is 1.85. The van der Waals surface area contributed by atoms with E-state index in [1.807, 2.05) is 6.92 Å². The van der Waals surface area contributed by atoms with Crippen molar-refractivity contribution in [1.82, 2.24) is 10.2 Å². The van der Waals surface area contributed by atoms with Gasteiger partial charge >= 0.3 is 0 Å². The number of rotatable bonds is 5. The van der Waals surface area contributed by atoms with Crippen LogP contribution < -0.4 is 5.32 Å². The topological polar surface area (TPSA) is 52.6 Å². The number of halogens is 1. The highest BCUT2D eigenvalue weighted by Crippen LogP contribution is 2.49. The number of nitrogens with zero attached hydrogens (tertiary/aromatic N) is 1. The van der Waals surface area contributed by atoms with Crippen LogP contribution in [0.15, 0.2) is 24.3 Å². The van der Waals surface area contributed by atoms with Crippen molar-refractivity contribution < 1.29 is 14.3 Å². The predicted molar refractivity (Wildman–Crippen MR) is 95.5 cm³/mol. The molecule has 1 aromatic rings. The van der Waals surface area contributed by atoms with Crippen LogP contribution in [0, 0.1) is 11.7 Å². The minimum absolute atomic E-state index is 0.0233. The van der Waals surface area contributed by atoms with E-state index in [1.54, 1.807) is 12.1 Å². The van der Waals surface area contributed by atoms with Crippen LogP contribution in [0.1, 0.15) is 57.1 Å². The number of nitrogens with one attached hydrogen (secondary N) is 1. The SMILES string of the molecule is CCCNC(=O)CN1CC[C@]2(O)CCCC[C@@H]2[C@@H]1c1ccc(F)cc1. The first-order valence-electron chi connectivity index (χ1n) is 9.52. The third kappa shape index (κ3) is 4.04. The van der Waals surface area contributed by atoms with Crippen molar-refractivity contribution in [3.05, 3.63) is 35.6 Å². The number of amides is 1. The molecule has 2 fully saturated rings. The van der Waals surface area contributed by atoms with Crippen LogP contribution in [0.3, 0.4) is 0 Å². The fraction of sp³-hybridized carbons (Fsp3) is 0.650. The molecule has 2 N–H and O–H groups in total. The van der Waals surface area contributed by atoms with Crippen molar-refractivity contribution in [3.63, 3.8) is 0 Å². The Bertz CT molecular complexity index is 592. The molecule has 1 aliphatic carbocycles. The standard InChI is InChI=1S/C20H29FN2O2/c1-2-12-22-18(24)14-23-13-11-20(25)10-4-3-5-17(20)19(23)15-6-8-16(21)9-7-15/h6-9,17,19,25H,2-5,10-14H2,1H3,(H,22,24)/t17-,19+,20-/m1/s1. The van der Waals surface area contributed by atoms with E-state index in [0.29, 0.717) is 26.1 Å². The van der Waals surface area contributed by atoms with Gasteiger partial charge in [-0.05, 0) is 43.4 Å². The highest BCUT2D eigenvalue weighted by Gasteiger charge is 2.49. The molecule has 3 atom stereocenters. The molecule has 1 aliphatic heterocycles. The second kappa shape index (κ2) is 7.83. The van der Waals surface area contributed by atoms with Gasteiger partial charge in [-0.15, -0.1) is 0 Å². The molecule has 4 nitrogen and oxygen atoms in total. The fourth-order valence-electron chi connectivity index (χ4n) is 4.53. The minimum Gasteiger partial charge on any atom is -0.389 e. The number of hydrogen-bond donors (Lipinski definition) is 2. The van der Waals surface area contributed by atoms with Crippen LogP contribution in [-0.4, -0.2) is 41.1 Å². The molecule has 1 heterocycles. The number of hydrogen-bond acceptors (Lipinski definition) is 3. The van der Waals surface area contributed by atoms with Gasteiger partial charge in [0.25, 0.3) is 0 Å². The molecular weight excluding hydrogens is 319 g/mol. The summed E-state index contributed by atoms with van der Waals surface area (Å²) in [6.07, 6.45) is 5.55. The predicted octanol–water partition coefficient (Wildman–Crippen LogP) is 3.02. The Morgan fingerprint density at radius 1 is 1.32 bits per heavy atom. The summed E-state index contributed by atoms with van der Waals surface area (Å²) in [5.74, 6) is -0.139. The van der Waals surface area contributed by atoms with E-state index in [4.69, 9.17) is 0 Å². The molecule has 1 saturated carbocycles. The second-order valence-corrected chi connectivity index (χ2v) is 7.52. The van der Waals surface area contributed by atoms with Gasteiger partial charge in [0.15, 0.2) is 0 Å². The molecule has 0 aromatic heterocycles. The van der Waals surface area contributed by atoms with E-state index in [9.17, 15) is 14.3 Å². The van der Waals surface area contributed by atoms with E-state index < -0.39 is 5.60 Å². The Morgan fingerprint density at radius 3 is 2.80 bits per heavy atom. The zero-order chi connectivity index (χ0) is 17.9. The zero-order valence-corrected chi connectivity index (χ0v) is 15.0. The van der Waals surface area contributed by atoms with Gasteiger partial charge in [-0.3, -0.25) is 9.69 Å². The highest BCUT2D eigenvalue weighted by molar-refractivity contribution is 5.78. The van der Waals surface area contributed by atoms with Crippen molar-refractivity contribution in [1.29, 1.82) is 0 Å². The zero-order valence-electron chi connectivity index (χ0n) is 15.0. The smallest absolute Gasteiger partial charge is 0.234 e. The molecule has 5 heteroatoms. The maximum absolute atomic E-state index is 13.4. The van der Waals surface area contributed by atoms with E-state index in [2.05, 4.69) is 10.2 Å². The highest BCUT2D eigenvalue weighted by atomic mass is 19.1. The number of aliphatic hydroxyl groups is 1. The van der Waals surface area contributed by atoms with Crippen molar-refractivity contribution in [2.45, 2.75) is 57.1 Å². The summed E-state index contributed by atoms with van der Waals surface area (Å²) in [7, 11) is 0. The molecule has 138 valence electrons. The number of benzene rings is 1. The lowest BCUT2D eigenvalue weighted by molar-refractivity contribution is -0.137. The molecule has 0 radical (unpaired) electrons.